The van der Waals surface area contributed by atoms with E-state index in [-0.39, 0.29) is 27.8 Å². The zero-order valence-corrected chi connectivity index (χ0v) is 20.2. The molecule has 8 heteroatoms. The molecule has 6 nitrogen and oxygen atoms in total. The minimum Gasteiger partial charge on any atom is -0.457 e. The molecule has 3 aromatic carbocycles. The molecule has 1 amide bonds. The van der Waals surface area contributed by atoms with Gasteiger partial charge in [0, 0.05) is 33.4 Å². The number of amides is 1. The molecule has 1 aliphatic rings. The van der Waals surface area contributed by atoms with Crippen molar-refractivity contribution in [3.63, 3.8) is 0 Å². The molecule has 0 aliphatic heterocycles. The predicted molar refractivity (Wildman–Crippen MR) is 142 cm³/mol. The zero-order chi connectivity index (χ0) is 25.2. The van der Waals surface area contributed by atoms with Gasteiger partial charge in [0.1, 0.15) is 11.5 Å². The van der Waals surface area contributed by atoms with Crippen molar-refractivity contribution >= 4 is 58.2 Å². The first kappa shape index (κ1) is 23.4. The molecule has 1 heterocycles. The van der Waals surface area contributed by atoms with Crippen LogP contribution in [0.15, 0.2) is 89.4 Å². The Labute approximate surface area is 216 Å². The SMILES string of the molecule is O=C(C=Cc1ccc(-c2ccc(Cl)cc2)o1)NC(=S)Nc1cccc2c1C(=O)c1ccccc1C2=O. The Hall–Kier alpha value is -4.33. The quantitative estimate of drug-likeness (QED) is 0.230. The number of hydrogen-bond acceptors (Lipinski definition) is 5. The van der Waals surface area contributed by atoms with E-state index in [4.69, 9.17) is 28.2 Å². The summed E-state index contributed by atoms with van der Waals surface area (Å²) in [6.45, 7) is 0. The summed E-state index contributed by atoms with van der Waals surface area (Å²) >= 11 is 11.2. The van der Waals surface area contributed by atoms with Gasteiger partial charge in [-0.05, 0) is 60.8 Å². The van der Waals surface area contributed by atoms with Crippen LogP contribution in [0.2, 0.25) is 5.02 Å². The van der Waals surface area contributed by atoms with Crippen LogP contribution in [0.1, 0.15) is 37.6 Å². The molecule has 1 aromatic heterocycles. The molecule has 5 rings (SSSR count). The third-order valence-corrected chi connectivity index (χ3v) is 6.05. The van der Waals surface area contributed by atoms with Crippen molar-refractivity contribution in [2.45, 2.75) is 0 Å². The summed E-state index contributed by atoms with van der Waals surface area (Å²) in [6, 6.07) is 22.3. The molecule has 0 saturated carbocycles. The number of benzene rings is 3. The number of carbonyl (C=O) groups is 3. The first-order chi connectivity index (χ1) is 17.4. The highest BCUT2D eigenvalue weighted by atomic mass is 35.5. The van der Waals surface area contributed by atoms with Gasteiger partial charge in [0.2, 0.25) is 5.91 Å². The van der Waals surface area contributed by atoms with Crippen LogP contribution >= 0.6 is 23.8 Å². The molecule has 0 atom stereocenters. The maximum absolute atomic E-state index is 13.1. The van der Waals surface area contributed by atoms with Crippen molar-refractivity contribution in [1.29, 1.82) is 0 Å². The number of carbonyl (C=O) groups excluding carboxylic acids is 3. The summed E-state index contributed by atoms with van der Waals surface area (Å²) in [6.07, 6.45) is 2.80. The highest BCUT2D eigenvalue weighted by Crippen LogP contribution is 2.32. The highest BCUT2D eigenvalue weighted by Gasteiger charge is 2.31. The van der Waals surface area contributed by atoms with Crippen LogP contribution < -0.4 is 10.6 Å². The summed E-state index contributed by atoms with van der Waals surface area (Å²) < 4.78 is 5.75. The second-order valence-electron chi connectivity index (χ2n) is 7.92. The smallest absolute Gasteiger partial charge is 0.250 e. The second kappa shape index (κ2) is 9.73. The van der Waals surface area contributed by atoms with Crippen LogP contribution in [0.5, 0.6) is 0 Å². The molecular formula is C28H17ClN2O4S. The van der Waals surface area contributed by atoms with Crippen molar-refractivity contribution in [2.75, 3.05) is 5.32 Å². The van der Waals surface area contributed by atoms with Crippen LogP contribution in [0.3, 0.4) is 0 Å². The molecule has 0 spiro atoms. The Balaban J connectivity index is 1.27. The van der Waals surface area contributed by atoms with Crippen LogP contribution in [0.25, 0.3) is 17.4 Å². The van der Waals surface area contributed by atoms with Crippen molar-refractivity contribution in [2.24, 2.45) is 0 Å². The van der Waals surface area contributed by atoms with E-state index in [0.717, 1.165) is 5.56 Å². The summed E-state index contributed by atoms with van der Waals surface area (Å²) in [7, 11) is 0. The van der Waals surface area contributed by atoms with Gasteiger partial charge in [-0.1, -0.05) is 48.0 Å². The average Bonchev–Trinajstić information content (AvgIpc) is 3.35. The van der Waals surface area contributed by atoms with E-state index in [0.29, 0.717) is 33.4 Å². The topological polar surface area (TPSA) is 88.4 Å². The van der Waals surface area contributed by atoms with Gasteiger partial charge in [-0.25, -0.2) is 0 Å². The zero-order valence-electron chi connectivity index (χ0n) is 18.6. The number of thiocarbonyl (C=S) groups is 1. The van der Waals surface area contributed by atoms with Crippen molar-refractivity contribution in [1.82, 2.24) is 5.32 Å². The fraction of sp³-hybridized carbons (Fsp3) is 0. The lowest BCUT2D eigenvalue weighted by molar-refractivity contribution is -0.115. The summed E-state index contributed by atoms with van der Waals surface area (Å²) in [5.41, 5.74) is 2.40. The summed E-state index contributed by atoms with van der Waals surface area (Å²) in [5.74, 6) is 0.103. The van der Waals surface area contributed by atoms with Gasteiger partial charge in [-0.15, -0.1) is 0 Å². The van der Waals surface area contributed by atoms with E-state index in [1.165, 1.54) is 12.2 Å². The summed E-state index contributed by atoms with van der Waals surface area (Å²) in [5, 5.41) is 6.02. The van der Waals surface area contributed by atoms with Crippen LogP contribution in [0, 0.1) is 0 Å². The molecule has 0 fully saturated rings. The Morgan fingerprint density at radius 3 is 2.28 bits per heavy atom. The van der Waals surface area contributed by atoms with Crippen molar-refractivity contribution in [3.8, 4) is 11.3 Å². The standard InChI is InChI=1S/C28H17ClN2O4S/c29-17-10-8-16(9-11-17)23-14-12-18(35-23)13-15-24(32)31-28(36)30-22-7-3-6-21-25(22)27(34)20-5-2-1-4-19(20)26(21)33/h1-15H,(H2,30,31,32,36). The lowest BCUT2D eigenvalue weighted by atomic mass is 9.83. The average molecular weight is 513 g/mol. The number of hydrogen-bond donors (Lipinski definition) is 2. The maximum Gasteiger partial charge on any atom is 0.250 e. The number of anilines is 1. The highest BCUT2D eigenvalue weighted by molar-refractivity contribution is 7.80. The van der Waals surface area contributed by atoms with E-state index in [2.05, 4.69) is 10.6 Å². The minimum absolute atomic E-state index is 0.0153. The van der Waals surface area contributed by atoms with Gasteiger partial charge in [0.15, 0.2) is 16.7 Å². The number of nitrogens with one attached hydrogen (secondary N) is 2. The van der Waals surface area contributed by atoms with Gasteiger partial charge >= 0.3 is 0 Å². The fourth-order valence-electron chi connectivity index (χ4n) is 3.93. The molecule has 2 N–H and O–H groups in total. The van der Waals surface area contributed by atoms with E-state index in [1.807, 2.05) is 12.1 Å². The molecule has 0 radical (unpaired) electrons. The van der Waals surface area contributed by atoms with E-state index >= 15 is 0 Å². The van der Waals surface area contributed by atoms with Crippen LogP contribution in [0.4, 0.5) is 5.69 Å². The molecule has 4 aromatic rings. The van der Waals surface area contributed by atoms with Gasteiger partial charge < -0.3 is 9.73 Å². The lowest BCUT2D eigenvalue weighted by Gasteiger charge is -2.20. The van der Waals surface area contributed by atoms with Crippen LogP contribution in [-0.2, 0) is 4.79 Å². The van der Waals surface area contributed by atoms with Gasteiger partial charge in [0.05, 0.1) is 11.3 Å². The first-order valence-corrected chi connectivity index (χ1v) is 11.7. The van der Waals surface area contributed by atoms with Gasteiger partial charge in [-0.2, -0.15) is 0 Å². The third-order valence-electron chi connectivity index (χ3n) is 5.59. The fourth-order valence-corrected chi connectivity index (χ4v) is 4.26. The van der Waals surface area contributed by atoms with Gasteiger partial charge in [-0.3, -0.25) is 19.7 Å². The summed E-state index contributed by atoms with van der Waals surface area (Å²) in [4.78, 5) is 38.4. The van der Waals surface area contributed by atoms with E-state index in [9.17, 15) is 14.4 Å². The largest absolute Gasteiger partial charge is 0.457 e. The number of halogens is 1. The predicted octanol–water partition coefficient (Wildman–Crippen LogP) is 5.90. The normalized spacial score (nSPS) is 12.2. The van der Waals surface area contributed by atoms with Crippen molar-refractivity contribution < 1.29 is 18.8 Å². The molecule has 0 saturated heterocycles. The molecule has 0 bridgehead atoms. The molecular weight excluding hydrogens is 496 g/mol. The monoisotopic (exact) mass is 512 g/mol. The Morgan fingerprint density at radius 1 is 0.833 bits per heavy atom. The second-order valence-corrected chi connectivity index (χ2v) is 8.76. The Morgan fingerprint density at radius 2 is 1.53 bits per heavy atom. The number of fused-ring (bicyclic) bond motifs is 2. The Bertz CT molecular complexity index is 1570. The van der Waals surface area contributed by atoms with Gasteiger partial charge in [0.25, 0.3) is 0 Å². The number of ketones is 2. The molecule has 176 valence electrons. The van der Waals surface area contributed by atoms with E-state index < -0.39 is 5.91 Å². The molecule has 1 aliphatic carbocycles. The number of furan rings is 1. The lowest BCUT2D eigenvalue weighted by Crippen LogP contribution is -2.34. The Kier molecular flexibility index (Phi) is 6.33. The third kappa shape index (κ3) is 4.62. The van der Waals surface area contributed by atoms with Crippen LogP contribution in [-0.4, -0.2) is 22.6 Å². The first-order valence-electron chi connectivity index (χ1n) is 10.9. The maximum atomic E-state index is 13.1. The molecule has 0 unspecified atom stereocenters. The van der Waals surface area contributed by atoms with E-state index in [1.54, 1.807) is 66.7 Å². The molecule has 36 heavy (non-hydrogen) atoms. The minimum atomic E-state index is -0.491. The van der Waals surface area contributed by atoms with Crippen molar-refractivity contribution in [3.05, 3.63) is 118 Å². The number of rotatable bonds is 4.